The molecule has 2 aromatic carbocycles. The van der Waals surface area contributed by atoms with Gasteiger partial charge in [0.25, 0.3) is 5.91 Å². The topological polar surface area (TPSA) is 118 Å². The lowest BCUT2D eigenvalue weighted by Crippen LogP contribution is -2.30. The molecule has 0 bridgehead atoms. The van der Waals surface area contributed by atoms with E-state index in [1.165, 1.54) is 43.3 Å². The van der Waals surface area contributed by atoms with Crippen molar-refractivity contribution in [2.45, 2.75) is 25.8 Å². The van der Waals surface area contributed by atoms with Gasteiger partial charge in [-0.25, -0.2) is 4.79 Å². The van der Waals surface area contributed by atoms with E-state index >= 15 is 0 Å². The Morgan fingerprint density at radius 2 is 1.55 bits per heavy atom. The second-order valence-electron chi connectivity index (χ2n) is 6.07. The maximum atomic E-state index is 12.2. The first-order chi connectivity index (χ1) is 14.6. The van der Waals surface area contributed by atoms with Gasteiger partial charge in [0.05, 0.1) is 11.6 Å². The van der Waals surface area contributed by atoms with E-state index in [2.05, 4.69) is 15.4 Å². The summed E-state index contributed by atoms with van der Waals surface area (Å²) in [7, 11) is 0. The molecular weight excluding hydrogens is 419 g/mol. The van der Waals surface area contributed by atoms with E-state index in [9.17, 15) is 27.6 Å². The Bertz CT molecular complexity index is 983. The van der Waals surface area contributed by atoms with Crippen LogP contribution in [0.5, 0.6) is 5.75 Å². The fourth-order valence-corrected chi connectivity index (χ4v) is 2.23. The fourth-order valence-electron chi connectivity index (χ4n) is 2.23. The number of hydrogen-bond acceptors (Lipinski definition) is 6. The van der Waals surface area contributed by atoms with E-state index in [0.29, 0.717) is 5.69 Å². The minimum atomic E-state index is -4.83. The third kappa shape index (κ3) is 7.69. The Kier molecular flexibility index (Phi) is 7.57. The molecule has 0 aromatic heterocycles. The predicted molar refractivity (Wildman–Crippen MR) is 102 cm³/mol. The van der Waals surface area contributed by atoms with E-state index in [1.54, 1.807) is 6.07 Å². The van der Waals surface area contributed by atoms with Crippen LogP contribution in [0.25, 0.3) is 0 Å². The molecular formula is C20H16F3N3O5. The van der Waals surface area contributed by atoms with Gasteiger partial charge in [-0.3, -0.25) is 9.59 Å². The highest BCUT2D eigenvalue weighted by Crippen LogP contribution is 2.24. The monoisotopic (exact) mass is 435 g/mol. The first kappa shape index (κ1) is 23.2. The number of nitriles is 1. The van der Waals surface area contributed by atoms with Crippen molar-refractivity contribution in [2.24, 2.45) is 0 Å². The van der Waals surface area contributed by atoms with E-state index in [1.807, 2.05) is 0 Å². The van der Waals surface area contributed by atoms with Crippen LogP contribution in [0.4, 0.5) is 24.5 Å². The number of carbonyl (C=O) groups excluding carboxylic acids is 3. The second kappa shape index (κ2) is 10.1. The van der Waals surface area contributed by atoms with Crippen molar-refractivity contribution in [3.8, 4) is 11.8 Å². The summed E-state index contributed by atoms with van der Waals surface area (Å²) in [6.45, 7) is 1.32. The largest absolute Gasteiger partial charge is 0.573 e. The number of esters is 1. The molecule has 1 atom stereocenters. The van der Waals surface area contributed by atoms with E-state index in [0.717, 1.165) is 12.1 Å². The molecule has 2 rings (SSSR count). The van der Waals surface area contributed by atoms with Crippen LogP contribution in [-0.4, -0.2) is 30.2 Å². The van der Waals surface area contributed by atoms with Gasteiger partial charge >= 0.3 is 12.3 Å². The van der Waals surface area contributed by atoms with Crippen molar-refractivity contribution in [2.75, 3.05) is 10.6 Å². The number of benzene rings is 2. The molecule has 0 heterocycles. The molecule has 0 fully saturated rings. The predicted octanol–water partition coefficient (Wildman–Crippen LogP) is 3.62. The Balaban J connectivity index is 1.90. The zero-order chi connectivity index (χ0) is 23.0. The summed E-state index contributed by atoms with van der Waals surface area (Å²) in [4.78, 5) is 35.7. The Morgan fingerprint density at radius 1 is 1.00 bits per heavy atom. The average Bonchev–Trinajstić information content (AvgIpc) is 2.69. The first-order valence-corrected chi connectivity index (χ1v) is 8.72. The van der Waals surface area contributed by atoms with Crippen molar-refractivity contribution in [3.05, 3.63) is 54.1 Å². The molecule has 0 aliphatic carbocycles. The van der Waals surface area contributed by atoms with Crippen LogP contribution < -0.4 is 15.4 Å². The van der Waals surface area contributed by atoms with Gasteiger partial charge in [0, 0.05) is 11.4 Å². The summed E-state index contributed by atoms with van der Waals surface area (Å²) in [5.74, 6) is -2.44. The third-order valence-corrected chi connectivity index (χ3v) is 3.65. The lowest BCUT2D eigenvalue weighted by Gasteiger charge is -2.14. The van der Waals surface area contributed by atoms with Crippen molar-refractivity contribution < 1.29 is 37.0 Å². The molecule has 1 unspecified atom stereocenters. The minimum Gasteiger partial charge on any atom is -0.449 e. The molecule has 0 saturated carbocycles. The normalized spacial score (nSPS) is 11.6. The van der Waals surface area contributed by atoms with Crippen molar-refractivity contribution in [1.82, 2.24) is 0 Å². The van der Waals surface area contributed by atoms with Gasteiger partial charge in [-0.05, 0) is 55.5 Å². The number of alkyl halides is 3. The maximum Gasteiger partial charge on any atom is 0.573 e. The highest BCUT2D eigenvalue weighted by Gasteiger charge is 2.31. The lowest BCUT2D eigenvalue weighted by atomic mass is 10.2. The van der Waals surface area contributed by atoms with Crippen molar-refractivity contribution in [3.63, 3.8) is 0 Å². The first-order valence-electron chi connectivity index (χ1n) is 8.72. The van der Waals surface area contributed by atoms with Crippen LogP contribution in [0.2, 0.25) is 0 Å². The van der Waals surface area contributed by atoms with Gasteiger partial charge in [0.2, 0.25) is 5.91 Å². The Hall–Kier alpha value is -4.07. The number of ether oxygens (including phenoxy) is 2. The molecule has 2 N–H and O–H groups in total. The van der Waals surface area contributed by atoms with Crippen LogP contribution in [0.1, 0.15) is 23.7 Å². The molecule has 0 saturated heterocycles. The number of carbonyl (C=O) groups is 3. The summed E-state index contributed by atoms with van der Waals surface area (Å²) in [5.41, 5.74) is 0.673. The number of nitrogens with one attached hydrogen (secondary N) is 2. The molecule has 8 nitrogen and oxygen atoms in total. The highest BCUT2D eigenvalue weighted by atomic mass is 19.4. The zero-order valence-corrected chi connectivity index (χ0v) is 16.0. The second-order valence-corrected chi connectivity index (χ2v) is 6.07. The summed E-state index contributed by atoms with van der Waals surface area (Å²) in [6, 6.07) is 11.8. The van der Waals surface area contributed by atoms with Crippen LogP contribution in [-0.2, 0) is 14.3 Å². The zero-order valence-electron chi connectivity index (χ0n) is 16.0. The molecule has 2 amide bonds. The van der Waals surface area contributed by atoms with Gasteiger partial charge in [-0.15, -0.1) is 13.2 Å². The highest BCUT2D eigenvalue weighted by molar-refractivity contribution is 5.98. The molecule has 31 heavy (non-hydrogen) atoms. The lowest BCUT2D eigenvalue weighted by molar-refractivity contribution is -0.274. The molecule has 11 heteroatoms. The van der Waals surface area contributed by atoms with Crippen LogP contribution in [0.15, 0.2) is 48.5 Å². The Labute approximate surface area is 174 Å². The number of rotatable bonds is 7. The van der Waals surface area contributed by atoms with Gasteiger partial charge in [0.1, 0.15) is 12.2 Å². The van der Waals surface area contributed by atoms with Crippen LogP contribution in [0.3, 0.4) is 0 Å². The maximum absolute atomic E-state index is 12.2. The average molecular weight is 435 g/mol. The minimum absolute atomic E-state index is 0.117. The number of nitrogens with zero attached hydrogens (tertiary/aromatic N) is 1. The molecule has 0 aliphatic heterocycles. The van der Waals surface area contributed by atoms with Gasteiger partial charge in [-0.1, -0.05) is 0 Å². The summed E-state index contributed by atoms with van der Waals surface area (Å²) in [5, 5.41) is 13.3. The molecule has 2 aromatic rings. The smallest absolute Gasteiger partial charge is 0.449 e. The SMILES string of the molecule is CC(OC(=O)c1ccc(NC(=O)CC#N)cc1)C(=O)Nc1ccc(OC(F)(F)F)cc1. The van der Waals surface area contributed by atoms with Crippen LogP contribution >= 0.6 is 0 Å². The standard InChI is InChI=1S/C20H16F3N3O5/c1-12(18(28)26-15-6-8-16(9-7-15)31-20(21,22)23)30-19(29)13-2-4-14(5-3-13)25-17(27)10-11-24/h2-9,12H,10H2,1H3,(H,25,27)(H,26,28). The van der Waals surface area contributed by atoms with Gasteiger partial charge in [-0.2, -0.15) is 5.26 Å². The quantitative estimate of drug-likeness (QED) is 0.642. The number of hydrogen-bond donors (Lipinski definition) is 2. The van der Waals surface area contributed by atoms with Crippen LogP contribution in [0, 0.1) is 11.3 Å². The summed E-state index contributed by atoms with van der Waals surface area (Å²) in [6.07, 6.45) is -6.34. The molecule has 162 valence electrons. The van der Waals surface area contributed by atoms with Crippen molar-refractivity contribution in [1.29, 1.82) is 5.26 Å². The van der Waals surface area contributed by atoms with Gasteiger partial charge < -0.3 is 20.1 Å². The number of halogens is 3. The van der Waals surface area contributed by atoms with E-state index in [4.69, 9.17) is 10.00 Å². The Morgan fingerprint density at radius 3 is 2.10 bits per heavy atom. The van der Waals surface area contributed by atoms with Gasteiger partial charge in [0.15, 0.2) is 6.10 Å². The van der Waals surface area contributed by atoms with E-state index in [-0.39, 0.29) is 17.7 Å². The summed E-state index contributed by atoms with van der Waals surface area (Å²) >= 11 is 0. The molecule has 0 spiro atoms. The van der Waals surface area contributed by atoms with E-state index < -0.39 is 36.0 Å². The van der Waals surface area contributed by atoms with Crippen molar-refractivity contribution >= 4 is 29.2 Å². The third-order valence-electron chi connectivity index (χ3n) is 3.65. The molecule has 0 radical (unpaired) electrons. The fraction of sp³-hybridized carbons (Fsp3) is 0.200. The number of amides is 2. The number of anilines is 2. The molecule has 0 aliphatic rings. The summed E-state index contributed by atoms with van der Waals surface area (Å²) < 4.78 is 45.3.